The molecule has 26 heavy (non-hydrogen) atoms. The number of carbonyl (C=O) groups is 1. The number of aryl methyl sites for hydroxylation is 1. The summed E-state index contributed by atoms with van der Waals surface area (Å²) in [6.07, 6.45) is 2.40. The molecule has 1 aromatic heterocycles. The van der Waals surface area contributed by atoms with Crippen LogP contribution in [0.25, 0.3) is 0 Å². The van der Waals surface area contributed by atoms with E-state index in [0.717, 1.165) is 0 Å². The molecule has 1 aliphatic heterocycles. The van der Waals surface area contributed by atoms with Crippen molar-refractivity contribution in [3.63, 3.8) is 0 Å². The Balaban J connectivity index is 1.58. The van der Waals surface area contributed by atoms with Gasteiger partial charge in [-0.15, -0.1) is 0 Å². The number of benzene rings is 1. The van der Waals surface area contributed by atoms with Crippen molar-refractivity contribution >= 4 is 17.5 Å². The van der Waals surface area contributed by atoms with Gasteiger partial charge < -0.3 is 19.3 Å². The van der Waals surface area contributed by atoms with Crippen molar-refractivity contribution in [2.75, 3.05) is 19.7 Å². The van der Waals surface area contributed by atoms with Crippen LogP contribution in [0.1, 0.15) is 42.4 Å². The minimum atomic E-state index is -0.976. The minimum absolute atomic E-state index is 0.159. The Hall–Kier alpha value is -2.05. The molecule has 1 aromatic carbocycles. The number of rotatable bonds is 5. The molecule has 1 N–H and O–H groups in total. The Bertz CT molecular complexity index is 764. The molecule has 7 heteroatoms. The monoisotopic (exact) mass is 378 g/mol. The summed E-state index contributed by atoms with van der Waals surface area (Å²) in [6.45, 7) is 3.13. The normalized spacial score (nSPS) is 20.7. The van der Waals surface area contributed by atoms with E-state index in [1.807, 2.05) is 6.92 Å². The van der Waals surface area contributed by atoms with Gasteiger partial charge in [0.2, 0.25) is 0 Å². The van der Waals surface area contributed by atoms with Crippen molar-refractivity contribution in [3.05, 3.63) is 46.8 Å². The van der Waals surface area contributed by atoms with Crippen LogP contribution < -0.4 is 4.74 Å². The molecule has 2 heterocycles. The molecule has 1 amide bonds. The molecule has 140 valence electrons. The fourth-order valence-corrected chi connectivity index (χ4v) is 3.22. The molecule has 0 spiro atoms. The third-order valence-corrected chi connectivity index (χ3v) is 4.87. The number of ether oxygens (including phenoxy) is 1. The predicted molar refractivity (Wildman–Crippen MR) is 97.5 cm³/mol. The van der Waals surface area contributed by atoms with Crippen LogP contribution in [0.15, 0.2) is 34.9 Å². The van der Waals surface area contributed by atoms with Crippen molar-refractivity contribution in [2.45, 2.75) is 38.2 Å². The van der Waals surface area contributed by atoms with E-state index >= 15 is 0 Å². The second-order valence-electron chi connectivity index (χ2n) is 6.65. The lowest BCUT2D eigenvalue weighted by atomic mass is 9.96. The lowest BCUT2D eigenvalue weighted by Crippen LogP contribution is -2.38. The second-order valence-corrected chi connectivity index (χ2v) is 7.08. The van der Waals surface area contributed by atoms with Crippen LogP contribution in [-0.2, 0) is 6.42 Å². The Labute approximate surface area is 157 Å². The number of hydrogen-bond acceptors (Lipinski definition) is 5. The molecule has 0 radical (unpaired) electrons. The van der Waals surface area contributed by atoms with Gasteiger partial charge in [-0.3, -0.25) is 4.79 Å². The summed E-state index contributed by atoms with van der Waals surface area (Å²) < 4.78 is 10.8. The molecule has 6 nitrogen and oxygen atoms in total. The lowest BCUT2D eigenvalue weighted by molar-refractivity contribution is -0.0163. The van der Waals surface area contributed by atoms with Crippen LogP contribution >= 0.6 is 11.6 Å². The van der Waals surface area contributed by atoms with Gasteiger partial charge >= 0.3 is 0 Å². The average Bonchev–Trinajstić information content (AvgIpc) is 3.03. The van der Waals surface area contributed by atoms with Gasteiger partial charge in [-0.05, 0) is 37.5 Å². The zero-order valence-electron chi connectivity index (χ0n) is 14.8. The van der Waals surface area contributed by atoms with Crippen molar-refractivity contribution in [2.24, 2.45) is 0 Å². The molecule has 0 aliphatic carbocycles. The van der Waals surface area contributed by atoms with Gasteiger partial charge in [-0.2, -0.15) is 0 Å². The van der Waals surface area contributed by atoms with Gasteiger partial charge in [0.1, 0.15) is 23.7 Å². The quantitative estimate of drug-likeness (QED) is 0.863. The summed E-state index contributed by atoms with van der Waals surface area (Å²) in [5.74, 6) is 1.15. The molecular formula is C19H23ClN2O4. The van der Waals surface area contributed by atoms with Crippen LogP contribution in [0.4, 0.5) is 0 Å². The van der Waals surface area contributed by atoms with Crippen LogP contribution in [0, 0.1) is 0 Å². The number of nitrogens with zero attached hydrogens (tertiary/aromatic N) is 2. The number of amides is 1. The zero-order chi connectivity index (χ0) is 18.6. The molecule has 1 unspecified atom stereocenters. The highest BCUT2D eigenvalue weighted by molar-refractivity contribution is 6.30. The van der Waals surface area contributed by atoms with Crippen LogP contribution in [0.3, 0.4) is 0 Å². The van der Waals surface area contributed by atoms with Gasteiger partial charge in [0.05, 0.1) is 0 Å². The zero-order valence-corrected chi connectivity index (χ0v) is 15.5. The SMILES string of the molecule is CCc1cc(C(=O)N2CCCC(O)(COc3cccc(Cl)c3)CC2)no1. The summed E-state index contributed by atoms with van der Waals surface area (Å²) in [5.41, 5.74) is -0.655. The molecule has 3 rings (SSSR count). The predicted octanol–water partition coefficient (Wildman–Crippen LogP) is 3.33. The molecule has 0 bridgehead atoms. The summed E-state index contributed by atoms with van der Waals surface area (Å²) in [5, 5.41) is 15.3. The number of halogens is 1. The van der Waals surface area contributed by atoms with Gasteiger partial charge in [-0.1, -0.05) is 29.7 Å². The first-order valence-electron chi connectivity index (χ1n) is 8.85. The van der Waals surface area contributed by atoms with E-state index in [2.05, 4.69) is 5.16 Å². The third-order valence-electron chi connectivity index (χ3n) is 4.63. The molecule has 0 saturated carbocycles. The summed E-state index contributed by atoms with van der Waals surface area (Å²) in [6, 6.07) is 8.77. The highest BCUT2D eigenvalue weighted by Crippen LogP contribution is 2.26. The topological polar surface area (TPSA) is 75.8 Å². The second kappa shape index (κ2) is 8.10. The number of aliphatic hydroxyl groups is 1. The van der Waals surface area contributed by atoms with Crippen LogP contribution in [0.2, 0.25) is 5.02 Å². The fraction of sp³-hybridized carbons (Fsp3) is 0.474. The van der Waals surface area contributed by atoms with Gasteiger partial charge in [0, 0.05) is 30.6 Å². The van der Waals surface area contributed by atoms with Gasteiger partial charge in [0.15, 0.2) is 5.69 Å². The summed E-state index contributed by atoms with van der Waals surface area (Å²) in [4.78, 5) is 14.3. The maximum atomic E-state index is 12.6. The number of hydrogen-bond donors (Lipinski definition) is 1. The summed E-state index contributed by atoms with van der Waals surface area (Å²) >= 11 is 5.95. The molecule has 1 atom stereocenters. The highest BCUT2D eigenvalue weighted by Gasteiger charge is 2.33. The Morgan fingerprint density at radius 3 is 2.96 bits per heavy atom. The first-order valence-corrected chi connectivity index (χ1v) is 9.22. The van der Waals surface area contributed by atoms with Crippen molar-refractivity contribution in [1.29, 1.82) is 0 Å². The Morgan fingerprint density at radius 1 is 1.38 bits per heavy atom. The van der Waals surface area contributed by atoms with E-state index in [1.54, 1.807) is 35.2 Å². The summed E-state index contributed by atoms with van der Waals surface area (Å²) in [7, 11) is 0. The highest BCUT2D eigenvalue weighted by atomic mass is 35.5. The van der Waals surface area contributed by atoms with E-state index in [0.29, 0.717) is 61.0 Å². The Kier molecular flexibility index (Phi) is 5.84. The molecular weight excluding hydrogens is 356 g/mol. The maximum absolute atomic E-state index is 12.6. The van der Waals surface area contributed by atoms with E-state index in [1.165, 1.54) is 0 Å². The van der Waals surface area contributed by atoms with Gasteiger partial charge in [-0.25, -0.2) is 0 Å². The largest absolute Gasteiger partial charge is 0.491 e. The average molecular weight is 379 g/mol. The van der Waals surface area contributed by atoms with E-state index in [-0.39, 0.29) is 12.5 Å². The Morgan fingerprint density at radius 2 is 2.23 bits per heavy atom. The lowest BCUT2D eigenvalue weighted by Gasteiger charge is -2.26. The minimum Gasteiger partial charge on any atom is -0.491 e. The number of likely N-dealkylation sites (tertiary alicyclic amines) is 1. The first-order chi connectivity index (χ1) is 12.5. The molecule has 1 aliphatic rings. The van der Waals surface area contributed by atoms with Crippen molar-refractivity contribution in [3.8, 4) is 5.75 Å². The number of carbonyl (C=O) groups excluding carboxylic acids is 1. The third kappa shape index (κ3) is 4.56. The molecule has 1 fully saturated rings. The van der Waals surface area contributed by atoms with Crippen LogP contribution in [0.5, 0.6) is 5.75 Å². The number of aromatic nitrogens is 1. The maximum Gasteiger partial charge on any atom is 0.276 e. The first kappa shape index (κ1) is 18.7. The molecule has 2 aromatic rings. The fourth-order valence-electron chi connectivity index (χ4n) is 3.04. The smallest absolute Gasteiger partial charge is 0.276 e. The van der Waals surface area contributed by atoms with E-state index < -0.39 is 5.60 Å². The van der Waals surface area contributed by atoms with Crippen LogP contribution in [-0.4, -0.2) is 46.4 Å². The van der Waals surface area contributed by atoms with E-state index in [4.69, 9.17) is 20.9 Å². The van der Waals surface area contributed by atoms with E-state index in [9.17, 15) is 9.90 Å². The van der Waals surface area contributed by atoms with Gasteiger partial charge in [0.25, 0.3) is 5.91 Å². The molecule has 1 saturated heterocycles. The standard InChI is InChI=1S/C19H23ClN2O4/c1-2-15-12-17(21-26-15)18(23)22-9-4-7-19(24,8-10-22)13-25-16-6-3-5-14(20)11-16/h3,5-6,11-12,24H,2,4,7-10,13H2,1H3. The van der Waals surface area contributed by atoms with Crippen molar-refractivity contribution < 1.29 is 19.2 Å². The van der Waals surface area contributed by atoms with Crippen molar-refractivity contribution in [1.82, 2.24) is 10.1 Å².